The van der Waals surface area contributed by atoms with Crippen LogP contribution in [0, 0.1) is 39.0 Å². The van der Waals surface area contributed by atoms with E-state index in [4.69, 9.17) is 4.42 Å². The molecule has 18 rings (SSSR count). The molecule has 0 spiro atoms. The van der Waals surface area contributed by atoms with E-state index in [2.05, 4.69) is 250 Å². The van der Waals surface area contributed by atoms with Crippen molar-refractivity contribution in [3.05, 3.63) is 351 Å². The van der Waals surface area contributed by atoms with Crippen molar-refractivity contribution in [1.29, 1.82) is 0 Å². The molecule has 0 N–H and O–H groups in total. The van der Waals surface area contributed by atoms with Crippen LogP contribution in [0.5, 0.6) is 0 Å². The van der Waals surface area contributed by atoms with Crippen LogP contribution in [0.2, 0.25) is 0 Å². The van der Waals surface area contributed by atoms with Crippen molar-refractivity contribution in [1.82, 2.24) is 28.7 Å². The number of pyridine rings is 2. The van der Waals surface area contributed by atoms with Crippen molar-refractivity contribution < 1.29 is 64.7 Å². The van der Waals surface area contributed by atoms with E-state index in [1.54, 1.807) is 6.20 Å². The molecule has 487 valence electrons. The Kier molecular flexibility index (Phi) is 22.9. The summed E-state index contributed by atoms with van der Waals surface area (Å²) in [5.74, 6) is 0.931. The van der Waals surface area contributed by atoms with Crippen molar-refractivity contribution >= 4 is 76.3 Å². The number of para-hydroxylation sites is 4. The third kappa shape index (κ3) is 14.1. The Morgan fingerprint density at radius 2 is 0.847 bits per heavy atom. The minimum absolute atomic E-state index is 0. The SMILES string of the molecule is C.C.Cc1cc(C)c(-n2ccnc2-c2[c-]cccc2)c(C)c1.[Ir].[Ir].[Ir].[c-]1ccccc1-c1ccccn1.[c-]1ccccc1-c1nccc2ccccc12.c1ccc(-n2c3ccccc3c3cc(-c4ccc5oc6ccc(-n7c8ccccc8c8ccccc87)cc6c5c4)ccc32)cc1. The molecule has 6 heterocycles. The number of aryl methyl sites for hydroxylation is 3. The fourth-order valence-electron chi connectivity index (χ4n) is 13.0. The summed E-state index contributed by atoms with van der Waals surface area (Å²) in [6, 6.07) is 110. The number of benzene rings is 12. The van der Waals surface area contributed by atoms with Crippen molar-refractivity contribution in [2.75, 3.05) is 0 Å². The molecule has 0 atom stereocenters. The van der Waals surface area contributed by atoms with Gasteiger partial charge in [0, 0.05) is 134 Å². The molecule has 10 heteroatoms. The second kappa shape index (κ2) is 31.8. The van der Waals surface area contributed by atoms with Crippen molar-refractivity contribution in [3.63, 3.8) is 0 Å². The number of fused-ring (bicyclic) bond motifs is 10. The molecule has 0 saturated carbocycles. The summed E-state index contributed by atoms with van der Waals surface area (Å²) in [7, 11) is 0. The minimum Gasteiger partial charge on any atom is -0.456 e. The second-order valence-electron chi connectivity index (χ2n) is 23.1. The van der Waals surface area contributed by atoms with Gasteiger partial charge >= 0.3 is 0 Å². The smallest absolute Gasteiger partial charge is 0.135 e. The third-order valence-corrected chi connectivity index (χ3v) is 17.1. The van der Waals surface area contributed by atoms with Crippen LogP contribution in [0.4, 0.5) is 0 Å². The maximum Gasteiger partial charge on any atom is 0.135 e. The fraction of sp³-hybridized carbons (Fsp3) is 0.0568. The summed E-state index contributed by atoms with van der Waals surface area (Å²) in [6.45, 7) is 6.42. The van der Waals surface area contributed by atoms with Crippen molar-refractivity contribution in [2.45, 2.75) is 35.6 Å². The number of nitrogens with zero attached hydrogens (tertiary/aromatic N) is 6. The van der Waals surface area contributed by atoms with E-state index in [1.165, 1.54) is 93.6 Å². The maximum absolute atomic E-state index is 6.36. The van der Waals surface area contributed by atoms with Gasteiger partial charge in [-0.2, -0.15) is 0 Å². The van der Waals surface area contributed by atoms with Gasteiger partial charge in [-0.3, -0.25) is 4.98 Å². The summed E-state index contributed by atoms with van der Waals surface area (Å²) >= 11 is 0. The van der Waals surface area contributed by atoms with Gasteiger partial charge in [-0.25, -0.2) is 0 Å². The molecule has 0 amide bonds. The van der Waals surface area contributed by atoms with E-state index >= 15 is 0 Å². The number of hydrogen-bond acceptors (Lipinski definition) is 4. The summed E-state index contributed by atoms with van der Waals surface area (Å²) in [5, 5.41) is 9.65. The molecular formula is C88H69Ir3N6O-3. The van der Waals surface area contributed by atoms with Crippen LogP contribution in [0.1, 0.15) is 31.5 Å². The van der Waals surface area contributed by atoms with E-state index in [1.807, 2.05) is 128 Å². The van der Waals surface area contributed by atoms with Crippen LogP contribution in [-0.2, 0) is 60.3 Å². The zero-order chi connectivity index (χ0) is 62.6. The summed E-state index contributed by atoms with van der Waals surface area (Å²) in [4.78, 5) is 13.2. The number of rotatable bonds is 7. The molecule has 12 aromatic carbocycles. The van der Waals surface area contributed by atoms with E-state index in [9.17, 15) is 0 Å². The van der Waals surface area contributed by atoms with Gasteiger partial charge in [0.05, 0.1) is 27.9 Å². The number of furan rings is 1. The Morgan fingerprint density at radius 3 is 1.46 bits per heavy atom. The maximum atomic E-state index is 6.36. The summed E-state index contributed by atoms with van der Waals surface area (Å²) in [5.41, 5.74) is 21.4. The van der Waals surface area contributed by atoms with E-state index in [0.717, 1.165) is 61.5 Å². The Labute approximate surface area is 613 Å². The monoisotopic (exact) mass is 1800 g/mol. The first kappa shape index (κ1) is 70.6. The van der Waals surface area contributed by atoms with Gasteiger partial charge in [0.25, 0.3) is 0 Å². The van der Waals surface area contributed by atoms with Gasteiger partial charge < -0.3 is 28.1 Å². The summed E-state index contributed by atoms with van der Waals surface area (Å²) < 4.78 is 13.2. The van der Waals surface area contributed by atoms with E-state index < -0.39 is 0 Å². The molecule has 0 saturated heterocycles. The zero-order valence-corrected chi connectivity index (χ0v) is 59.8. The van der Waals surface area contributed by atoms with Crippen LogP contribution in [0.25, 0.3) is 138 Å². The Hall–Kier alpha value is -10.2. The van der Waals surface area contributed by atoms with Gasteiger partial charge in [0.2, 0.25) is 0 Å². The van der Waals surface area contributed by atoms with Crippen LogP contribution >= 0.6 is 0 Å². The Balaban J connectivity index is 0.000000163. The molecule has 6 aromatic heterocycles. The van der Waals surface area contributed by atoms with Crippen LogP contribution < -0.4 is 0 Å². The fourth-order valence-corrected chi connectivity index (χ4v) is 13.0. The Bertz CT molecular complexity index is 5550. The second-order valence-corrected chi connectivity index (χ2v) is 23.1. The van der Waals surface area contributed by atoms with Crippen LogP contribution in [0.15, 0.2) is 320 Å². The summed E-state index contributed by atoms with van der Waals surface area (Å²) in [6.07, 6.45) is 7.49. The van der Waals surface area contributed by atoms with Gasteiger partial charge in [-0.1, -0.05) is 154 Å². The molecule has 7 nitrogen and oxygen atoms in total. The average molecular weight is 1800 g/mol. The average Bonchev–Trinajstić information content (AvgIpc) is 1.59. The van der Waals surface area contributed by atoms with Gasteiger partial charge in [0.15, 0.2) is 0 Å². The molecule has 0 bridgehead atoms. The molecule has 0 aliphatic heterocycles. The molecule has 0 unspecified atom stereocenters. The molecule has 0 aliphatic carbocycles. The molecule has 0 fully saturated rings. The first-order valence-electron chi connectivity index (χ1n) is 31.2. The number of aromatic nitrogens is 6. The van der Waals surface area contributed by atoms with Gasteiger partial charge in [-0.05, 0) is 150 Å². The third-order valence-electron chi connectivity index (χ3n) is 17.1. The molecule has 18 aromatic rings. The number of imidazole rings is 1. The molecular weight excluding hydrogens is 1730 g/mol. The van der Waals surface area contributed by atoms with E-state index in [-0.39, 0.29) is 75.2 Å². The molecule has 98 heavy (non-hydrogen) atoms. The van der Waals surface area contributed by atoms with Crippen LogP contribution in [-0.4, -0.2) is 28.7 Å². The Morgan fingerprint density at radius 1 is 0.347 bits per heavy atom. The normalized spacial score (nSPS) is 10.6. The molecule has 0 aliphatic rings. The molecule has 3 radical (unpaired) electrons. The standard InChI is InChI=1S/C42H26N2O.C18H17N2.C15H10N.C11H8N.2CH4.3Ir/c1-2-10-29(11-3-1)43-39-17-9-6-14-33(39)34-24-27(18-21-40(34)43)28-19-22-41-35(25-28)36-26-30(20-23-42(36)45-41)44-37-15-7-4-12-31(37)32-13-5-8-16-38(32)44;1-13-11-14(2)17(15(3)12-13)20-10-9-19-18(20)16-7-5-4-6-8-16;1-2-7-13(8-3-1)15-14-9-5-4-6-12(14)10-11-16-15;1-2-6-10(7-3-1)11-8-4-5-9-12-11;;;;;/h1-26H;4-7,9-12H,1-3H3;1-7,9-11H;1-6,8-9H;2*1H4;;;/q;3*-1;;;;;. The predicted octanol–water partition coefficient (Wildman–Crippen LogP) is 23.2. The zero-order valence-electron chi connectivity index (χ0n) is 52.6. The van der Waals surface area contributed by atoms with Crippen molar-refractivity contribution in [3.8, 4) is 62.1 Å². The van der Waals surface area contributed by atoms with Crippen LogP contribution in [0.3, 0.4) is 0 Å². The number of hydrogen-bond donors (Lipinski definition) is 0. The largest absolute Gasteiger partial charge is 0.456 e. The topological polar surface area (TPSA) is 66.6 Å². The van der Waals surface area contributed by atoms with E-state index in [0.29, 0.717) is 0 Å². The van der Waals surface area contributed by atoms with Gasteiger partial charge in [-0.15, -0.1) is 108 Å². The first-order valence-corrected chi connectivity index (χ1v) is 31.2. The first-order chi connectivity index (χ1) is 45.9. The van der Waals surface area contributed by atoms with Crippen molar-refractivity contribution in [2.24, 2.45) is 0 Å². The quantitative estimate of drug-likeness (QED) is 0.149. The minimum atomic E-state index is 0. The predicted molar refractivity (Wildman–Crippen MR) is 398 cm³/mol. The van der Waals surface area contributed by atoms with Gasteiger partial charge in [0.1, 0.15) is 11.2 Å².